The molecule has 1 saturated carbocycles. The van der Waals surface area contributed by atoms with Crippen molar-refractivity contribution in [2.75, 3.05) is 39.8 Å². The van der Waals surface area contributed by atoms with E-state index in [0.717, 1.165) is 47.1 Å². The molecule has 222 valence electrons. The van der Waals surface area contributed by atoms with Crippen molar-refractivity contribution in [3.8, 4) is 0 Å². The summed E-state index contributed by atoms with van der Waals surface area (Å²) in [5, 5.41) is 0.709. The number of halogens is 2. The van der Waals surface area contributed by atoms with Crippen LogP contribution in [0.2, 0.25) is 5.02 Å². The van der Waals surface area contributed by atoms with Crippen molar-refractivity contribution in [2.24, 2.45) is 13.0 Å². The summed E-state index contributed by atoms with van der Waals surface area (Å²) in [6.07, 6.45) is 9.66. The number of carbonyl (C=O) groups is 2. The van der Waals surface area contributed by atoms with Crippen LogP contribution in [0.5, 0.6) is 0 Å². The number of ether oxygens (including phenoxy) is 1. The number of aryl methyl sites for hydroxylation is 3. The van der Waals surface area contributed by atoms with E-state index in [2.05, 4.69) is 37.9 Å². The van der Waals surface area contributed by atoms with Gasteiger partial charge in [-0.15, -0.1) is 0 Å². The number of aromatic nitrogens is 3. The molecule has 2 atom stereocenters. The monoisotopic (exact) mass is 654 g/mol. The number of amides is 2. The van der Waals surface area contributed by atoms with Crippen LogP contribution in [0.3, 0.4) is 0 Å². The topological polar surface area (TPSA) is 83.8 Å². The average Bonchev–Trinajstić information content (AvgIpc) is 3.75. The van der Waals surface area contributed by atoms with Crippen LogP contribution in [0.4, 0.5) is 4.79 Å². The average molecular weight is 656 g/mol. The van der Waals surface area contributed by atoms with E-state index in [1.54, 1.807) is 11.2 Å². The van der Waals surface area contributed by atoms with Crippen molar-refractivity contribution in [2.45, 2.75) is 44.2 Å². The third kappa shape index (κ3) is 6.07. The van der Waals surface area contributed by atoms with Crippen molar-refractivity contribution >= 4 is 39.5 Å². The molecule has 3 heterocycles. The first-order chi connectivity index (χ1) is 20.3. The van der Waals surface area contributed by atoms with Crippen LogP contribution >= 0.6 is 27.5 Å². The highest BCUT2D eigenvalue weighted by molar-refractivity contribution is 9.10. The second-order valence-corrected chi connectivity index (χ2v) is 12.9. The van der Waals surface area contributed by atoms with Crippen LogP contribution < -0.4 is 0 Å². The van der Waals surface area contributed by atoms with Gasteiger partial charge in [-0.25, -0.2) is 9.78 Å². The fourth-order valence-electron chi connectivity index (χ4n) is 6.36. The van der Waals surface area contributed by atoms with E-state index >= 15 is 0 Å². The standard InChI is InChI=1S/C31H36BrClN6O3/c1-36-19-34-16-25(36)9-10-38(17-20-3-4-20)30(40)27-18-37(11-12-39(27)31(41)42-2)29-26-8-7-24(33)14-21(26)5-6-22-13-23(32)15-35-28(22)29/h7-8,13-16,19-20,27,29H,3-6,9-12,17-18H2,1-2H3/t27-,29?/m1/s1. The van der Waals surface area contributed by atoms with Crippen molar-refractivity contribution in [3.05, 3.63) is 80.6 Å². The maximum absolute atomic E-state index is 14.4. The van der Waals surface area contributed by atoms with Crippen molar-refractivity contribution in [1.29, 1.82) is 0 Å². The van der Waals surface area contributed by atoms with Gasteiger partial charge in [0.2, 0.25) is 5.91 Å². The van der Waals surface area contributed by atoms with E-state index in [4.69, 9.17) is 21.3 Å². The number of rotatable bonds is 7. The predicted octanol–water partition coefficient (Wildman–Crippen LogP) is 4.65. The highest BCUT2D eigenvalue weighted by Crippen LogP contribution is 2.39. The van der Waals surface area contributed by atoms with Gasteiger partial charge in [-0.2, -0.15) is 0 Å². The number of hydrogen-bond donors (Lipinski definition) is 0. The number of pyridine rings is 1. The Morgan fingerprint density at radius 1 is 1.14 bits per heavy atom. The predicted molar refractivity (Wildman–Crippen MR) is 163 cm³/mol. The SMILES string of the molecule is COC(=O)N1CCN(C2c3ccc(Cl)cc3CCc3cc(Br)cnc32)C[C@@H]1C(=O)N(CCc1cncn1C)CC1CC1. The summed E-state index contributed by atoms with van der Waals surface area (Å²) in [4.78, 5) is 42.4. The molecule has 1 aromatic carbocycles. The van der Waals surface area contributed by atoms with Crippen LogP contribution in [0.25, 0.3) is 0 Å². The maximum atomic E-state index is 14.4. The molecule has 0 N–H and O–H groups in total. The van der Waals surface area contributed by atoms with E-state index in [0.29, 0.717) is 50.1 Å². The fourth-order valence-corrected chi connectivity index (χ4v) is 6.93. The van der Waals surface area contributed by atoms with Crippen LogP contribution in [0, 0.1) is 5.92 Å². The van der Waals surface area contributed by atoms with Gasteiger partial charge in [-0.1, -0.05) is 17.7 Å². The maximum Gasteiger partial charge on any atom is 0.410 e. The molecule has 3 aliphatic rings. The van der Waals surface area contributed by atoms with Crippen LogP contribution in [0.1, 0.15) is 47.0 Å². The second kappa shape index (κ2) is 12.3. The van der Waals surface area contributed by atoms with Crippen LogP contribution in [-0.2, 0) is 35.8 Å². The molecule has 2 aliphatic carbocycles. The quantitative estimate of drug-likeness (QED) is 0.369. The molecule has 0 bridgehead atoms. The molecular formula is C31H36BrClN6O3. The number of carbonyl (C=O) groups excluding carboxylic acids is 2. The number of hydrogen-bond acceptors (Lipinski definition) is 6. The van der Waals surface area contributed by atoms with E-state index in [1.165, 1.54) is 18.2 Å². The van der Waals surface area contributed by atoms with Crippen LogP contribution in [0.15, 0.2) is 47.5 Å². The molecule has 0 spiro atoms. The minimum atomic E-state index is -0.672. The summed E-state index contributed by atoms with van der Waals surface area (Å²) >= 11 is 10.0. The van der Waals surface area contributed by atoms with Gasteiger partial charge in [0, 0.05) is 73.8 Å². The Bertz CT molecular complexity index is 1420. The first kappa shape index (κ1) is 29.1. The van der Waals surface area contributed by atoms with E-state index < -0.39 is 12.1 Å². The van der Waals surface area contributed by atoms with Crippen molar-refractivity contribution < 1.29 is 14.3 Å². The van der Waals surface area contributed by atoms with Gasteiger partial charge in [0.25, 0.3) is 0 Å². The molecule has 1 unspecified atom stereocenters. The first-order valence-corrected chi connectivity index (χ1v) is 15.7. The highest BCUT2D eigenvalue weighted by Gasteiger charge is 2.43. The minimum absolute atomic E-state index is 0.0342. The van der Waals surface area contributed by atoms with E-state index in [9.17, 15) is 9.59 Å². The normalized spacial score (nSPS) is 20.4. The number of methoxy groups -OCH3 is 1. The van der Waals surface area contributed by atoms with Gasteiger partial charge in [-0.3, -0.25) is 19.6 Å². The lowest BCUT2D eigenvalue weighted by molar-refractivity contribution is -0.139. The molecular weight excluding hydrogens is 620 g/mol. The summed E-state index contributed by atoms with van der Waals surface area (Å²) in [6.45, 7) is 2.62. The Kier molecular flexibility index (Phi) is 8.56. The Hall–Kier alpha value is -2.95. The Morgan fingerprint density at radius 2 is 1.95 bits per heavy atom. The number of piperazine rings is 1. The Labute approximate surface area is 259 Å². The zero-order valence-electron chi connectivity index (χ0n) is 24.0. The minimum Gasteiger partial charge on any atom is -0.453 e. The van der Waals surface area contributed by atoms with Crippen LogP contribution in [-0.4, -0.2) is 87.1 Å². The lowest BCUT2D eigenvalue weighted by atomic mass is 9.95. The number of imidazole rings is 1. The van der Waals surface area contributed by atoms with E-state index in [-0.39, 0.29) is 11.9 Å². The molecule has 2 fully saturated rings. The molecule has 2 amide bonds. The summed E-state index contributed by atoms with van der Waals surface area (Å²) in [6, 6.07) is 7.39. The molecule has 1 saturated heterocycles. The number of benzene rings is 1. The van der Waals surface area contributed by atoms with Crippen molar-refractivity contribution in [1.82, 2.24) is 29.2 Å². The lowest BCUT2D eigenvalue weighted by Gasteiger charge is -2.44. The molecule has 11 heteroatoms. The first-order valence-electron chi connectivity index (χ1n) is 14.6. The smallest absolute Gasteiger partial charge is 0.410 e. The lowest BCUT2D eigenvalue weighted by Crippen LogP contribution is -2.62. The summed E-state index contributed by atoms with van der Waals surface area (Å²) in [5.74, 6) is 0.480. The number of fused-ring (bicyclic) bond motifs is 2. The highest BCUT2D eigenvalue weighted by atomic mass is 79.9. The fraction of sp³-hybridized carbons (Fsp3) is 0.484. The van der Waals surface area contributed by atoms with Crippen molar-refractivity contribution in [3.63, 3.8) is 0 Å². The molecule has 6 rings (SSSR count). The zero-order chi connectivity index (χ0) is 29.4. The van der Waals surface area contributed by atoms with Gasteiger partial charge in [-0.05, 0) is 82.4 Å². The third-order valence-corrected chi connectivity index (χ3v) is 9.47. The summed E-state index contributed by atoms with van der Waals surface area (Å²) in [5.41, 5.74) is 5.57. The second-order valence-electron chi connectivity index (χ2n) is 11.6. The molecule has 42 heavy (non-hydrogen) atoms. The van der Waals surface area contributed by atoms with Gasteiger partial charge in [0.05, 0.1) is 25.2 Å². The van der Waals surface area contributed by atoms with Gasteiger partial charge in [0.1, 0.15) is 6.04 Å². The molecule has 1 aliphatic heterocycles. The molecule has 3 aromatic rings. The summed E-state index contributed by atoms with van der Waals surface area (Å²) in [7, 11) is 3.35. The van der Waals surface area contributed by atoms with Gasteiger partial charge in [0.15, 0.2) is 0 Å². The van der Waals surface area contributed by atoms with E-state index in [1.807, 2.05) is 41.0 Å². The Morgan fingerprint density at radius 3 is 2.69 bits per heavy atom. The summed E-state index contributed by atoms with van der Waals surface area (Å²) < 4.78 is 8.10. The number of nitrogens with zero attached hydrogens (tertiary/aromatic N) is 6. The van der Waals surface area contributed by atoms with Gasteiger partial charge >= 0.3 is 6.09 Å². The third-order valence-electron chi connectivity index (χ3n) is 8.80. The zero-order valence-corrected chi connectivity index (χ0v) is 26.4. The molecule has 0 radical (unpaired) electrons. The molecule has 9 nitrogen and oxygen atoms in total. The Balaban J connectivity index is 1.33. The molecule has 2 aromatic heterocycles. The van der Waals surface area contributed by atoms with Gasteiger partial charge < -0.3 is 14.2 Å². The largest absolute Gasteiger partial charge is 0.453 e.